The Bertz CT molecular complexity index is 1190. The van der Waals surface area contributed by atoms with Crippen molar-refractivity contribution < 1.29 is 9.15 Å². The van der Waals surface area contributed by atoms with Gasteiger partial charge in [-0.15, -0.1) is 5.54 Å². The quantitative estimate of drug-likeness (QED) is 0.374. The first-order valence-corrected chi connectivity index (χ1v) is 12.9. The largest absolute Gasteiger partial charge is 0.497 e. The Balaban J connectivity index is 1.81. The second-order valence-corrected chi connectivity index (χ2v) is 12.5. The molecule has 0 aliphatic heterocycles. The van der Waals surface area contributed by atoms with Crippen LogP contribution >= 0.6 is 0 Å². The number of methoxy groups -OCH3 is 1. The molecular weight excluding hydrogens is 380 g/mol. The molecule has 4 rings (SSSR count). The fourth-order valence-electron chi connectivity index (χ4n) is 2.87. The summed E-state index contributed by atoms with van der Waals surface area (Å²) in [6, 6.07) is 11.7. The van der Waals surface area contributed by atoms with Gasteiger partial charge in [-0.3, -0.25) is 0 Å². The zero-order valence-corrected chi connectivity index (χ0v) is 17.9. The lowest BCUT2D eigenvalue weighted by Crippen LogP contribution is -2.16. The van der Waals surface area contributed by atoms with E-state index < -0.39 is 8.07 Å². The van der Waals surface area contributed by atoms with Crippen LogP contribution in [0.4, 0.5) is 0 Å². The van der Waals surface area contributed by atoms with Gasteiger partial charge in [-0.05, 0) is 35.7 Å². The molecule has 0 aliphatic rings. The molecular formula is C22H22N4O2Si. The molecule has 1 aromatic carbocycles. The summed E-state index contributed by atoms with van der Waals surface area (Å²) in [5.74, 6) is 5.14. The van der Waals surface area contributed by atoms with Crippen molar-refractivity contribution in [1.29, 1.82) is 0 Å². The Labute approximate surface area is 170 Å². The number of hydrogen-bond donors (Lipinski definition) is 0. The van der Waals surface area contributed by atoms with Crippen LogP contribution in [0.5, 0.6) is 5.75 Å². The van der Waals surface area contributed by atoms with E-state index in [9.17, 15) is 0 Å². The topological polar surface area (TPSA) is 66.0 Å². The maximum Gasteiger partial charge on any atom is 0.207 e. The lowest BCUT2D eigenvalue weighted by atomic mass is 10.2. The van der Waals surface area contributed by atoms with Crippen LogP contribution in [0, 0.1) is 11.5 Å². The molecule has 0 aliphatic carbocycles. The molecule has 29 heavy (non-hydrogen) atoms. The van der Waals surface area contributed by atoms with Crippen LogP contribution < -0.4 is 4.74 Å². The minimum atomic E-state index is -1.56. The van der Waals surface area contributed by atoms with E-state index in [1.54, 1.807) is 19.7 Å². The third-order valence-electron chi connectivity index (χ3n) is 4.28. The lowest BCUT2D eigenvalue weighted by molar-refractivity contribution is 0.414. The van der Waals surface area contributed by atoms with E-state index in [0.717, 1.165) is 17.0 Å². The summed E-state index contributed by atoms with van der Waals surface area (Å²) in [7, 11) is 0.104. The number of imidazole rings is 1. The monoisotopic (exact) mass is 402 g/mol. The van der Waals surface area contributed by atoms with E-state index in [4.69, 9.17) is 14.1 Å². The number of aromatic nitrogens is 4. The highest BCUT2D eigenvalue weighted by Gasteiger charge is 2.17. The van der Waals surface area contributed by atoms with Gasteiger partial charge in [-0.1, -0.05) is 31.8 Å². The van der Waals surface area contributed by atoms with E-state index in [2.05, 4.69) is 41.1 Å². The number of furan rings is 1. The first-order valence-electron chi connectivity index (χ1n) is 9.36. The molecule has 0 unspecified atom stereocenters. The number of rotatable bonds is 4. The molecule has 7 heteroatoms. The Morgan fingerprint density at radius 2 is 1.90 bits per heavy atom. The summed E-state index contributed by atoms with van der Waals surface area (Å²) in [6.07, 6.45) is 3.41. The molecule has 0 fully saturated rings. The zero-order valence-electron chi connectivity index (χ0n) is 16.9. The van der Waals surface area contributed by atoms with Gasteiger partial charge in [0.05, 0.1) is 26.2 Å². The third-order valence-corrected chi connectivity index (χ3v) is 5.15. The highest BCUT2D eigenvalue weighted by molar-refractivity contribution is 6.83. The summed E-state index contributed by atoms with van der Waals surface area (Å²) in [5, 5.41) is 0. The first-order chi connectivity index (χ1) is 13.9. The minimum absolute atomic E-state index is 0.489. The summed E-state index contributed by atoms with van der Waals surface area (Å²) in [5.41, 5.74) is 6.56. The van der Waals surface area contributed by atoms with E-state index in [1.807, 2.05) is 41.0 Å². The highest BCUT2D eigenvalue weighted by atomic mass is 28.3. The molecule has 0 bridgehead atoms. The molecule has 0 radical (unpaired) electrons. The third kappa shape index (κ3) is 4.23. The summed E-state index contributed by atoms with van der Waals surface area (Å²) >= 11 is 0. The number of benzene rings is 1. The molecule has 0 atom stereocenters. The smallest absolute Gasteiger partial charge is 0.207 e. The van der Waals surface area contributed by atoms with Gasteiger partial charge in [-0.2, -0.15) is 0 Å². The van der Waals surface area contributed by atoms with Crippen molar-refractivity contribution >= 4 is 19.2 Å². The van der Waals surface area contributed by atoms with E-state index >= 15 is 0 Å². The second kappa shape index (κ2) is 7.57. The molecule has 3 aromatic heterocycles. The lowest BCUT2D eigenvalue weighted by Gasteiger charge is -2.07. The molecule has 3 heterocycles. The van der Waals surface area contributed by atoms with Gasteiger partial charge in [0.2, 0.25) is 5.82 Å². The van der Waals surface area contributed by atoms with Crippen molar-refractivity contribution in [2.75, 3.05) is 7.11 Å². The van der Waals surface area contributed by atoms with Gasteiger partial charge in [0.15, 0.2) is 11.4 Å². The minimum Gasteiger partial charge on any atom is -0.497 e. The van der Waals surface area contributed by atoms with Gasteiger partial charge >= 0.3 is 0 Å². The van der Waals surface area contributed by atoms with Crippen molar-refractivity contribution in [3.05, 3.63) is 60.4 Å². The fourth-order valence-corrected chi connectivity index (χ4v) is 3.36. The van der Waals surface area contributed by atoms with E-state index in [1.165, 1.54) is 0 Å². The van der Waals surface area contributed by atoms with Gasteiger partial charge in [0, 0.05) is 0 Å². The van der Waals surface area contributed by atoms with Crippen LogP contribution in [0.3, 0.4) is 0 Å². The Morgan fingerprint density at radius 1 is 1.10 bits per heavy atom. The standard InChI is InChI=1S/C22H22N4O2Si/c1-27-17-9-7-16(8-10-17)14-26-15-23-21-20(18-6-5-12-28-18)24-19(25-22(21)26)11-13-29(2,3)4/h5-10,12,15H,14H2,1-4H3. The maximum atomic E-state index is 5.59. The zero-order chi connectivity index (χ0) is 20.4. The SMILES string of the molecule is COc1ccc(Cn2cnc3c(-c4ccco4)nc(C#C[Si](C)(C)C)nc32)cc1. The fraction of sp³-hybridized carbons (Fsp3) is 0.227. The van der Waals surface area contributed by atoms with Crippen molar-refractivity contribution in [2.45, 2.75) is 26.2 Å². The van der Waals surface area contributed by atoms with Crippen LogP contribution in [-0.4, -0.2) is 34.7 Å². The summed E-state index contributed by atoms with van der Waals surface area (Å²) < 4.78 is 12.8. The Kier molecular flexibility index (Phi) is 4.95. The van der Waals surface area contributed by atoms with E-state index in [0.29, 0.717) is 29.3 Å². The van der Waals surface area contributed by atoms with Gasteiger partial charge in [-0.25, -0.2) is 15.0 Å². The average molecular weight is 403 g/mol. The molecule has 6 nitrogen and oxygen atoms in total. The number of nitrogens with zero attached hydrogens (tertiary/aromatic N) is 4. The van der Waals surface area contributed by atoms with Crippen molar-refractivity contribution in [3.8, 4) is 28.7 Å². The van der Waals surface area contributed by atoms with Crippen LogP contribution in [0.15, 0.2) is 53.4 Å². The van der Waals surface area contributed by atoms with Crippen molar-refractivity contribution in [3.63, 3.8) is 0 Å². The number of fused-ring (bicyclic) bond motifs is 1. The average Bonchev–Trinajstić information content (AvgIpc) is 3.36. The Morgan fingerprint density at radius 3 is 2.55 bits per heavy atom. The molecule has 146 valence electrons. The molecule has 0 amide bonds. The molecule has 0 saturated heterocycles. The van der Waals surface area contributed by atoms with Crippen LogP contribution in [0.2, 0.25) is 19.6 Å². The molecule has 0 N–H and O–H groups in total. The van der Waals surface area contributed by atoms with Crippen molar-refractivity contribution in [2.24, 2.45) is 0 Å². The normalized spacial score (nSPS) is 11.3. The number of ether oxygens (including phenoxy) is 1. The van der Waals surface area contributed by atoms with Gasteiger partial charge < -0.3 is 13.7 Å². The number of hydrogen-bond acceptors (Lipinski definition) is 5. The van der Waals surface area contributed by atoms with Crippen LogP contribution in [0.25, 0.3) is 22.6 Å². The second-order valence-electron chi connectivity index (χ2n) is 7.77. The van der Waals surface area contributed by atoms with Crippen LogP contribution in [-0.2, 0) is 6.54 Å². The predicted molar refractivity (Wildman–Crippen MR) is 115 cm³/mol. The predicted octanol–water partition coefficient (Wildman–Crippen LogP) is 4.37. The maximum absolute atomic E-state index is 5.59. The molecule has 0 saturated carbocycles. The van der Waals surface area contributed by atoms with Gasteiger partial charge in [0.1, 0.15) is 25.0 Å². The first kappa shape index (κ1) is 19.0. The highest BCUT2D eigenvalue weighted by Crippen LogP contribution is 2.26. The molecule has 4 aromatic rings. The van der Waals surface area contributed by atoms with E-state index in [-0.39, 0.29) is 0 Å². The Hall–Kier alpha value is -3.37. The van der Waals surface area contributed by atoms with Crippen molar-refractivity contribution in [1.82, 2.24) is 19.5 Å². The van der Waals surface area contributed by atoms with Crippen LogP contribution in [0.1, 0.15) is 11.4 Å². The van der Waals surface area contributed by atoms with Gasteiger partial charge in [0.25, 0.3) is 0 Å². The molecule has 0 spiro atoms. The summed E-state index contributed by atoms with van der Waals surface area (Å²) in [4.78, 5) is 13.9. The summed E-state index contributed by atoms with van der Waals surface area (Å²) in [6.45, 7) is 7.22.